The van der Waals surface area contributed by atoms with Crippen LogP contribution >= 0.6 is 0 Å². The Kier molecular flexibility index (Phi) is 6.30. The summed E-state index contributed by atoms with van der Waals surface area (Å²) >= 11 is 0. The molecule has 1 amide bonds. The lowest BCUT2D eigenvalue weighted by molar-refractivity contribution is -0.135. The van der Waals surface area contributed by atoms with E-state index in [-0.39, 0.29) is 29.1 Å². The summed E-state index contributed by atoms with van der Waals surface area (Å²) in [6.45, 7) is 6.67. The molecule has 0 radical (unpaired) electrons. The van der Waals surface area contributed by atoms with Crippen molar-refractivity contribution in [2.75, 3.05) is 6.54 Å². The van der Waals surface area contributed by atoms with E-state index in [9.17, 15) is 13.6 Å². The summed E-state index contributed by atoms with van der Waals surface area (Å²) in [6, 6.07) is 12.4. The van der Waals surface area contributed by atoms with Crippen LogP contribution in [0.4, 0.5) is 8.78 Å². The number of oxime groups is 1. The summed E-state index contributed by atoms with van der Waals surface area (Å²) in [7, 11) is 0. The number of hydrogen-bond donors (Lipinski definition) is 0. The minimum Gasteiger partial charge on any atom is -0.390 e. The second kappa shape index (κ2) is 8.72. The van der Waals surface area contributed by atoms with E-state index in [1.165, 1.54) is 24.3 Å². The molecule has 2 aromatic carbocycles. The van der Waals surface area contributed by atoms with Crippen LogP contribution in [0.1, 0.15) is 44.7 Å². The van der Waals surface area contributed by atoms with Crippen LogP contribution in [0.25, 0.3) is 0 Å². The van der Waals surface area contributed by atoms with Crippen molar-refractivity contribution in [3.05, 3.63) is 71.3 Å². The number of carbonyl (C=O) groups excluding carboxylic acids is 1. The van der Waals surface area contributed by atoms with Crippen LogP contribution in [0.5, 0.6) is 0 Å². The second-order valence-electron chi connectivity index (χ2n) is 8.62. The summed E-state index contributed by atoms with van der Waals surface area (Å²) in [5.41, 5.74) is 2.09. The first-order valence-electron chi connectivity index (χ1n) is 9.70. The number of rotatable bonds is 6. The molecule has 0 spiro atoms. The van der Waals surface area contributed by atoms with Crippen LogP contribution in [0, 0.1) is 17.0 Å². The van der Waals surface area contributed by atoms with E-state index >= 15 is 0 Å². The number of halogens is 2. The predicted molar refractivity (Wildman–Crippen MR) is 108 cm³/mol. The van der Waals surface area contributed by atoms with Crippen molar-refractivity contribution in [3.8, 4) is 0 Å². The largest absolute Gasteiger partial charge is 0.390 e. The van der Waals surface area contributed by atoms with E-state index in [1.807, 2.05) is 20.8 Å². The third-order valence-electron chi connectivity index (χ3n) is 4.63. The molecule has 0 bridgehead atoms. The Labute approximate surface area is 170 Å². The van der Waals surface area contributed by atoms with Crippen molar-refractivity contribution in [3.63, 3.8) is 0 Å². The SMILES string of the molecule is CC(C)(C)CC(=O)N(Cc1cccc(F)c1)C[C@@H]1CC(c2ccc(F)cc2)=NO1. The number of carbonyl (C=O) groups is 1. The molecule has 0 N–H and O–H groups in total. The Morgan fingerprint density at radius 3 is 2.52 bits per heavy atom. The van der Waals surface area contributed by atoms with Gasteiger partial charge in [-0.05, 0) is 40.8 Å². The third-order valence-corrected chi connectivity index (χ3v) is 4.63. The van der Waals surface area contributed by atoms with Crippen molar-refractivity contribution in [1.82, 2.24) is 4.90 Å². The molecule has 0 fully saturated rings. The first kappa shape index (κ1) is 21.0. The first-order valence-corrected chi connectivity index (χ1v) is 9.70. The number of nitrogens with zero attached hydrogens (tertiary/aromatic N) is 2. The third kappa shape index (κ3) is 6.11. The van der Waals surface area contributed by atoms with Gasteiger partial charge in [0.05, 0.1) is 12.3 Å². The average molecular weight is 400 g/mol. The van der Waals surface area contributed by atoms with Gasteiger partial charge in [0.15, 0.2) is 6.10 Å². The molecule has 3 rings (SSSR count). The van der Waals surface area contributed by atoms with Gasteiger partial charge in [0.1, 0.15) is 11.6 Å². The van der Waals surface area contributed by atoms with Gasteiger partial charge >= 0.3 is 0 Å². The van der Waals surface area contributed by atoms with Crippen LogP contribution in [-0.2, 0) is 16.2 Å². The predicted octanol–water partition coefficient (Wildman–Crippen LogP) is 4.92. The fourth-order valence-electron chi connectivity index (χ4n) is 3.26. The molecule has 0 saturated carbocycles. The van der Waals surface area contributed by atoms with Crippen molar-refractivity contribution < 1.29 is 18.4 Å². The van der Waals surface area contributed by atoms with E-state index in [1.54, 1.807) is 29.2 Å². The van der Waals surface area contributed by atoms with E-state index in [0.29, 0.717) is 25.9 Å². The highest BCUT2D eigenvalue weighted by molar-refractivity contribution is 6.01. The molecule has 4 nitrogen and oxygen atoms in total. The van der Waals surface area contributed by atoms with Gasteiger partial charge in [0.25, 0.3) is 0 Å². The molecule has 1 aliphatic heterocycles. The van der Waals surface area contributed by atoms with Crippen LogP contribution in [0.3, 0.4) is 0 Å². The summed E-state index contributed by atoms with van der Waals surface area (Å²) in [6.07, 6.45) is 0.599. The maximum Gasteiger partial charge on any atom is 0.223 e. The first-order chi connectivity index (χ1) is 13.7. The molecule has 6 heteroatoms. The topological polar surface area (TPSA) is 41.9 Å². The van der Waals surface area contributed by atoms with Gasteiger partial charge in [-0.25, -0.2) is 8.78 Å². The Morgan fingerprint density at radius 2 is 1.86 bits per heavy atom. The Morgan fingerprint density at radius 1 is 1.14 bits per heavy atom. The van der Waals surface area contributed by atoms with E-state index in [0.717, 1.165) is 16.8 Å². The highest BCUT2D eigenvalue weighted by Crippen LogP contribution is 2.23. The van der Waals surface area contributed by atoms with Crippen LogP contribution in [0.2, 0.25) is 0 Å². The zero-order valence-electron chi connectivity index (χ0n) is 17.0. The molecule has 2 aromatic rings. The maximum atomic E-state index is 13.6. The van der Waals surface area contributed by atoms with E-state index in [4.69, 9.17) is 4.84 Å². The van der Waals surface area contributed by atoms with Gasteiger partial charge in [-0.2, -0.15) is 0 Å². The van der Waals surface area contributed by atoms with Gasteiger partial charge in [0.2, 0.25) is 5.91 Å². The van der Waals surface area contributed by atoms with Crippen molar-refractivity contribution in [2.45, 2.75) is 46.3 Å². The van der Waals surface area contributed by atoms with Gasteiger partial charge < -0.3 is 9.74 Å². The molecule has 0 aliphatic carbocycles. The molecule has 1 aliphatic rings. The lowest BCUT2D eigenvalue weighted by Crippen LogP contribution is -2.38. The minimum absolute atomic E-state index is 0.0133. The Hall–Kier alpha value is -2.76. The average Bonchev–Trinajstić information content (AvgIpc) is 3.09. The van der Waals surface area contributed by atoms with Gasteiger partial charge in [-0.3, -0.25) is 4.79 Å². The number of hydrogen-bond acceptors (Lipinski definition) is 3. The Balaban J connectivity index is 1.69. The molecule has 154 valence electrons. The minimum atomic E-state index is -0.329. The lowest BCUT2D eigenvalue weighted by Gasteiger charge is -2.28. The highest BCUT2D eigenvalue weighted by Gasteiger charge is 2.28. The summed E-state index contributed by atoms with van der Waals surface area (Å²) in [5, 5.41) is 4.12. The Bertz CT molecular complexity index is 888. The molecule has 0 unspecified atom stereocenters. The fraction of sp³-hybridized carbons (Fsp3) is 0.391. The molecule has 1 atom stereocenters. The van der Waals surface area contributed by atoms with Crippen LogP contribution < -0.4 is 0 Å². The smallest absolute Gasteiger partial charge is 0.223 e. The van der Waals surface area contributed by atoms with Crippen molar-refractivity contribution in [2.24, 2.45) is 10.6 Å². The van der Waals surface area contributed by atoms with Crippen molar-refractivity contribution in [1.29, 1.82) is 0 Å². The molecule has 0 aromatic heterocycles. The molecule has 1 heterocycles. The van der Waals surface area contributed by atoms with E-state index in [2.05, 4.69) is 5.16 Å². The standard InChI is InChI=1S/C23H26F2N2O2/c1-23(2,3)13-22(28)27(14-16-5-4-6-19(25)11-16)15-20-12-21(26-29-20)17-7-9-18(24)10-8-17/h4-11,20H,12-15H2,1-3H3/t20-/m0/s1. The second-order valence-corrected chi connectivity index (χ2v) is 8.62. The molecule has 29 heavy (non-hydrogen) atoms. The van der Waals surface area contributed by atoms with E-state index < -0.39 is 0 Å². The number of benzene rings is 2. The maximum absolute atomic E-state index is 13.6. The van der Waals surface area contributed by atoms with Gasteiger partial charge in [-0.1, -0.05) is 50.2 Å². The summed E-state index contributed by atoms with van der Waals surface area (Å²) < 4.78 is 26.7. The normalized spacial score (nSPS) is 16.3. The lowest BCUT2D eigenvalue weighted by atomic mass is 9.91. The molecular weight excluding hydrogens is 374 g/mol. The molecular formula is C23H26F2N2O2. The summed E-state index contributed by atoms with van der Waals surface area (Å²) in [4.78, 5) is 20.2. The molecule has 0 saturated heterocycles. The zero-order chi connectivity index (χ0) is 21.0. The highest BCUT2D eigenvalue weighted by atomic mass is 19.1. The quantitative estimate of drug-likeness (QED) is 0.690. The monoisotopic (exact) mass is 400 g/mol. The fourth-order valence-corrected chi connectivity index (χ4v) is 3.26. The van der Waals surface area contributed by atoms with Crippen LogP contribution in [0.15, 0.2) is 53.7 Å². The van der Waals surface area contributed by atoms with Crippen molar-refractivity contribution >= 4 is 11.6 Å². The van der Waals surface area contributed by atoms with Gasteiger partial charge in [-0.15, -0.1) is 0 Å². The zero-order valence-corrected chi connectivity index (χ0v) is 17.0. The van der Waals surface area contributed by atoms with Gasteiger partial charge in [0, 0.05) is 19.4 Å². The van der Waals surface area contributed by atoms with Crippen LogP contribution in [-0.4, -0.2) is 29.2 Å². The summed E-state index contributed by atoms with van der Waals surface area (Å²) in [5.74, 6) is -0.649. The number of amides is 1.